The van der Waals surface area contributed by atoms with Gasteiger partial charge in [0.15, 0.2) is 11.6 Å². The van der Waals surface area contributed by atoms with E-state index in [2.05, 4.69) is 21.8 Å². The number of ether oxygens (including phenoxy) is 1. The summed E-state index contributed by atoms with van der Waals surface area (Å²) in [6.45, 7) is 2.45. The second kappa shape index (κ2) is 9.02. The van der Waals surface area contributed by atoms with Crippen LogP contribution in [0, 0.1) is 17.7 Å². The van der Waals surface area contributed by atoms with Crippen molar-refractivity contribution in [1.29, 1.82) is 0 Å². The molecule has 0 fully saturated rings. The van der Waals surface area contributed by atoms with Crippen molar-refractivity contribution in [3.8, 4) is 29.0 Å². The number of hydrogen-bond acceptors (Lipinski definition) is 3. The maximum Gasteiger partial charge on any atom is 0.159 e. The molecule has 0 aliphatic carbocycles. The summed E-state index contributed by atoms with van der Waals surface area (Å²) in [5, 5.41) is 1.83. The molecule has 0 saturated heterocycles. The first-order chi connectivity index (χ1) is 14.7. The number of allylic oxidation sites excluding steroid dienone is 1. The number of nitrogens with zero attached hydrogens (tertiary/aromatic N) is 2. The summed E-state index contributed by atoms with van der Waals surface area (Å²) in [5.41, 5.74) is 2.69. The van der Waals surface area contributed by atoms with E-state index < -0.39 is 0 Å². The zero-order valence-corrected chi connectivity index (χ0v) is 16.5. The first-order valence-electron chi connectivity index (χ1n) is 9.59. The molecule has 0 unspecified atom stereocenters. The van der Waals surface area contributed by atoms with Crippen LogP contribution in [0.2, 0.25) is 0 Å². The minimum absolute atomic E-state index is 0.235. The van der Waals surface area contributed by atoms with Gasteiger partial charge in [0.05, 0.1) is 12.4 Å². The zero-order valence-electron chi connectivity index (χ0n) is 16.5. The van der Waals surface area contributed by atoms with Crippen LogP contribution in [0.3, 0.4) is 0 Å². The minimum atomic E-state index is -0.235. The van der Waals surface area contributed by atoms with Crippen LogP contribution < -0.4 is 4.74 Å². The highest BCUT2D eigenvalue weighted by Crippen LogP contribution is 2.19. The fourth-order valence-electron chi connectivity index (χ4n) is 2.92. The Morgan fingerprint density at radius 3 is 2.30 bits per heavy atom. The number of aromatic nitrogens is 2. The van der Waals surface area contributed by atoms with Crippen molar-refractivity contribution < 1.29 is 9.13 Å². The molecule has 3 aromatic carbocycles. The van der Waals surface area contributed by atoms with E-state index in [4.69, 9.17) is 4.74 Å². The number of fused-ring (bicyclic) bond motifs is 1. The monoisotopic (exact) mass is 394 g/mol. The molecule has 0 aliphatic rings. The highest BCUT2D eigenvalue weighted by Gasteiger charge is 2.02. The third-order valence-corrected chi connectivity index (χ3v) is 4.51. The quantitative estimate of drug-likeness (QED) is 0.325. The standard InChI is InChI=1S/C26H19FN2O/c1-2-3-14-30-25-17-28-26(29-18-25)21-9-6-19(7-10-21)4-5-20-8-11-23-16-24(27)13-12-22(23)15-20/h2-3,6-13,15-18H,14H2,1H3/b3-2+. The average molecular weight is 394 g/mol. The number of benzene rings is 3. The van der Waals surface area contributed by atoms with Crippen molar-refractivity contribution in [3.05, 3.63) is 102 Å². The molecule has 0 spiro atoms. The highest BCUT2D eigenvalue weighted by atomic mass is 19.1. The van der Waals surface area contributed by atoms with Gasteiger partial charge in [-0.2, -0.15) is 0 Å². The van der Waals surface area contributed by atoms with Crippen LogP contribution in [0.5, 0.6) is 5.75 Å². The summed E-state index contributed by atoms with van der Waals surface area (Å²) >= 11 is 0. The second-order valence-electron chi connectivity index (χ2n) is 6.66. The van der Waals surface area contributed by atoms with E-state index in [0.717, 1.165) is 27.5 Å². The maximum atomic E-state index is 13.3. The summed E-state index contributed by atoms with van der Waals surface area (Å²) in [5.74, 6) is 7.36. The molecule has 0 atom stereocenters. The van der Waals surface area contributed by atoms with Crippen LogP contribution in [0.4, 0.5) is 4.39 Å². The molecule has 0 bridgehead atoms. The molecular weight excluding hydrogens is 375 g/mol. The lowest BCUT2D eigenvalue weighted by Gasteiger charge is -2.04. The van der Waals surface area contributed by atoms with Gasteiger partial charge in [-0.3, -0.25) is 0 Å². The van der Waals surface area contributed by atoms with Crippen LogP contribution in [0.25, 0.3) is 22.2 Å². The second-order valence-corrected chi connectivity index (χ2v) is 6.66. The maximum absolute atomic E-state index is 13.3. The molecule has 1 heterocycles. The molecule has 4 heteroatoms. The Hall–Kier alpha value is -3.97. The Morgan fingerprint density at radius 2 is 1.53 bits per heavy atom. The van der Waals surface area contributed by atoms with Gasteiger partial charge in [-0.25, -0.2) is 14.4 Å². The fraction of sp³-hybridized carbons (Fsp3) is 0.0769. The topological polar surface area (TPSA) is 35.0 Å². The molecular formula is C26H19FN2O. The molecule has 0 radical (unpaired) electrons. The van der Waals surface area contributed by atoms with E-state index in [1.807, 2.05) is 61.5 Å². The van der Waals surface area contributed by atoms with Gasteiger partial charge in [0.2, 0.25) is 0 Å². The number of halogens is 1. The third kappa shape index (κ3) is 4.71. The van der Waals surface area contributed by atoms with Crippen molar-refractivity contribution in [1.82, 2.24) is 9.97 Å². The molecule has 30 heavy (non-hydrogen) atoms. The Morgan fingerprint density at radius 1 is 0.867 bits per heavy atom. The largest absolute Gasteiger partial charge is 0.486 e. The van der Waals surface area contributed by atoms with E-state index in [1.165, 1.54) is 12.1 Å². The normalized spacial score (nSPS) is 10.7. The van der Waals surface area contributed by atoms with Crippen molar-refractivity contribution in [2.75, 3.05) is 6.61 Å². The van der Waals surface area contributed by atoms with Crippen molar-refractivity contribution >= 4 is 10.8 Å². The van der Waals surface area contributed by atoms with Crippen molar-refractivity contribution in [2.24, 2.45) is 0 Å². The van der Waals surface area contributed by atoms with E-state index in [9.17, 15) is 4.39 Å². The number of rotatable bonds is 4. The van der Waals surface area contributed by atoms with Crippen molar-refractivity contribution in [2.45, 2.75) is 6.92 Å². The fourth-order valence-corrected chi connectivity index (χ4v) is 2.92. The SMILES string of the molecule is C/C=C/COc1cnc(-c2ccc(C#Cc3ccc4cc(F)ccc4c3)cc2)nc1. The van der Waals surface area contributed by atoms with Gasteiger partial charge in [0.25, 0.3) is 0 Å². The minimum Gasteiger partial charge on any atom is -0.486 e. The first-order valence-corrected chi connectivity index (χ1v) is 9.59. The number of hydrogen-bond donors (Lipinski definition) is 0. The lowest BCUT2D eigenvalue weighted by atomic mass is 10.1. The van der Waals surface area contributed by atoms with E-state index >= 15 is 0 Å². The molecule has 4 rings (SSSR count). The molecule has 3 nitrogen and oxygen atoms in total. The Bertz CT molecular complexity index is 1250. The molecule has 0 N–H and O–H groups in total. The summed E-state index contributed by atoms with van der Waals surface area (Å²) in [7, 11) is 0. The van der Waals surface area contributed by atoms with Crippen LogP contribution in [-0.2, 0) is 0 Å². The van der Waals surface area contributed by atoms with E-state index in [0.29, 0.717) is 18.2 Å². The summed E-state index contributed by atoms with van der Waals surface area (Å²) < 4.78 is 18.8. The van der Waals surface area contributed by atoms with Crippen LogP contribution >= 0.6 is 0 Å². The third-order valence-electron chi connectivity index (χ3n) is 4.51. The summed E-state index contributed by atoms with van der Waals surface area (Å²) in [6, 6.07) is 18.3. The molecule has 0 amide bonds. The molecule has 146 valence electrons. The van der Waals surface area contributed by atoms with Gasteiger partial charge < -0.3 is 4.74 Å². The lowest BCUT2D eigenvalue weighted by molar-refractivity contribution is 0.359. The van der Waals surface area contributed by atoms with Crippen molar-refractivity contribution in [3.63, 3.8) is 0 Å². The first kappa shape index (κ1) is 19.4. The summed E-state index contributed by atoms with van der Waals surface area (Å²) in [6.07, 6.45) is 7.20. The van der Waals surface area contributed by atoms with Gasteiger partial charge >= 0.3 is 0 Å². The van der Waals surface area contributed by atoms with Gasteiger partial charge in [-0.05, 0) is 66.2 Å². The highest BCUT2D eigenvalue weighted by molar-refractivity contribution is 5.84. The smallest absolute Gasteiger partial charge is 0.159 e. The van der Waals surface area contributed by atoms with Gasteiger partial charge in [-0.1, -0.05) is 36.1 Å². The van der Waals surface area contributed by atoms with Crippen LogP contribution in [0.1, 0.15) is 18.1 Å². The van der Waals surface area contributed by atoms with Gasteiger partial charge in [-0.15, -0.1) is 0 Å². The Labute approximate surface area is 174 Å². The predicted octanol–water partition coefficient (Wildman–Crippen LogP) is 5.79. The molecule has 1 aromatic heterocycles. The van der Waals surface area contributed by atoms with Gasteiger partial charge in [0.1, 0.15) is 12.4 Å². The average Bonchev–Trinajstić information content (AvgIpc) is 2.79. The molecule has 0 aliphatic heterocycles. The van der Waals surface area contributed by atoms with E-state index in [-0.39, 0.29) is 5.82 Å². The van der Waals surface area contributed by atoms with Gasteiger partial charge in [0, 0.05) is 16.7 Å². The van der Waals surface area contributed by atoms with Crippen LogP contribution in [-0.4, -0.2) is 16.6 Å². The summed E-state index contributed by atoms with van der Waals surface area (Å²) in [4.78, 5) is 8.73. The molecule has 4 aromatic rings. The van der Waals surface area contributed by atoms with E-state index in [1.54, 1.807) is 18.5 Å². The Kier molecular flexibility index (Phi) is 5.82. The molecule has 0 saturated carbocycles. The lowest BCUT2D eigenvalue weighted by Crippen LogP contribution is -1.96. The predicted molar refractivity (Wildman–Crippen MR) is 118 cm³/mol. The Balaban J connectivity index is 1.47. The zero-order chi connectivity index (χ0) is 20.8. The van der Waals surface area contributed by atoms with Crippen LogP contribution in [0.15, 0.2) is 85.2 Å².